The first-order chi connectivity index (χ1) is 22.8. The molecule has 0 aliphatic carbocycles. The van der Waals surface area contributed by atoms with Crippen LogP contribution in [-0.4, -0.2) is 11.2 Å². The van der Waals surface area contributed by atoms with Crippen molar-refractivity contribution in [2.24, 2.45) is 4.99 Å². The van der Waals surface area contributed by atoms with E-state index in [0.29, 0.717) is 0 Å². The molecule has 0 spiro atoms. The molecule has 0 fully saturated rings. The third-order valence-corrected chi connectivity index (χ3v) is 9.51. The highest BCUT2D eigenvalue weighted by Crippen LogP contribution is 2.46. The summed E-state index contributed by atoms with van der Waals surface area (Å²) >= 11 is 0. The largest absolute Gasteiger partial charge is 0.269 e. The zero-order valence-corrected chi connectivity index (χ0v) is 25.3. The van der Waals surface area contributed by atoms with E-state index in [1.807, 2.05) is 24.8 Å². The number of nitrogens with zero attached hydrogens (tertiary/aromatic N) is 2. The van der Waals surface area contributed by atoms with Crippen LogP contribution in [0.1, 0.15) is 17.9 Å². The fourth-order valence-corrected chi connectivity index (χ4v) is 7.37. The number of aliphatic imine (C=N–C) groups is 1. The van der Waals surface area contributed by atoms with Crippen molar-refractivity contribution in [3.05, 3.63) is 164 Å². The van der Waals surface area contributed by atoms with Crippen molar-refractivity contribution in [3.63, 3.8) is 0 Å². The summed E-state index contributed by atoms with van der Waals surface area (Å²) in [5, 5.41) is 10.0. The first kappa shape index (κ1) is 26.5. The van der Waals surface area contributed by atoms with Crippen molar-refractivity contribution in [1.29, 1.82) is 0 Å². The summed E-state index contributed by atoms with van der Waals surface area (Å²) in [5.74, 6) is 0.252. The van der Waals surface area contributed by atoms with Crippen molar-refractivity contribution in [2.75, 3.05) is 0 Å². The summed E-state index contributed by atoms with van der Waals surface area (Å²) in [7, 11) is 0. The molecule has 9 rings (SSSR count). The second-order valence-electron chi connectivity index (χ2n) is 12.1. The molecule has 1 unspecified atom stereocenters. The Kier molecular flexibility index (Phi) is 6.31. The lowest BCUT2D eigenvalue weighted by Crippen LogP contribution is -2.02. The fraction of sp³-hybridized carbons (Fsp3) is 0.0455. The number of allylic oxidation sites excluding steroid dienone is 1. The van der Waals surface area contributed by atoms with Crippen molar-refractivity contribution in [1.82, 2.24) is 4.98 Å². The van der Waals surface area contributed by atoms with Gasteiger partial charge in [-0.1, -0.05) is 127 Å². The van der Waals surface area contributed by atoms with Gasteiger partial charge in [0.05, 0.1) is 0 Å². The van der Waals surface area contributed by atoms with Crippen molar-refractivity contribution >= 4 is 49.3 Å². The maximum absolute atomic E-state index is 4.68. The van der Waals surface area contributed by atoms with E-state index >= 15 is 0 Å². The van der Waals surface area contributed by atoms with E-state index < -0.39 is 0 Å². The molecule has 0 radical (unpaired) electrons. The van der Waals surface area contributed by atoms with Gasteiger partial charge in [-0.3, -0.25) is 9.98 Å². The first-order valence-corrected chi connectivity index (χ1v) is 15.9. The first-order valence-electron chi connectivity index (χ1n) is 15.9. The standard InChI is InChI=1S/C44H30N2/c1-2-11-30-24-31(22-21-29(30)10-1)43-39-13-3-5-15-41(39)44(42-16-6-4-14-40(42)43)38-20-8-18-36-35(17-7-19-37(36)38)34-25-33(27-46-28-34)32-12-9-23-45-26-32/h1-11,13-28,32H,12H2. The smallest absolute Gasteiger partial charge is 0.0346 e. The lowest BCUT2D eigenvalue weighted by atomic mass is 9.84. The molecule has 1 aliphatic rings. The van der Waals surface area contributed by atoms with Crippen LogP contribution in [0.2, 0.25) is 0 Å². The second kappa shape index (κ2) is 10.9. The van der Waals surface area contributed by atoms with Crippen LogP contribution in [0.3, 0.4) is 0 Å². The lowest BCUT2D eigenvalue weighted by Gasteiger charge is -2.19. The molecule has 8 aromatic rings. The molecule has 1 atom stereocenters. The van der Waals surface area contributed by atoms with E-state index in [1.165, 1.54) is 76.5 Å². The Morgan fingerprint density at radius 3 is 1.83 bits per heavy atom. The SMILES string of the molecule is C1=CN=CC(c2cncc(-c3cccc4c(-c5c6ccccc6c(-c6ccc7ccccc7c6)c6ccccc56)cccc34)c2)C1. The number of benzene rings is 7. The summed E-state index contributed by atoms with van der Waals surface area (Å²) in [5.41, 5.74) is 8.55. The summed E-state index contributed by atoms with van der Waals surface area (Å²) < 4.78 is 0. The van der Waals surface area contributed by atoms with E-state index in [9.17, 15) is 0 Å². The summed E-state index contributed by atoms with van der Waals surface area (Å²) in [4.78, 5) is 9.06. The topological polar surface area (TPSA) is 25.2 Å². The monoisotopic (exact) mass is 586 g/mol. The summed E-state index contributed by atoms with van der Waals surface area (Å²) in [6, 6.07) is 49.0. The van der Waals surface area contributed by atoms with Gasteiger partial charge in [0.1, 0.15) is 0 Å². The minimum absolute atomic E-state index is 0.252. The van der Waals surface area contributed by atoms with Crippen LogP contribution < -0.4 is 0 Å². The summed E-state index contributed by atoms with van der Waals surface area (Å²) in [6.07, 6.45) is 10.9. The molecule has 2 nitrogen and oxygen atoms in total. The number of fused-ring (bicyclic) bond motifs is 4. The van der Waals surface area contributed by atoms with Gasteiger partial charge in [-0.2, -0.15) is 0 Å². The molecule has 2 heteroatoms. The number of pyridine rings is 1. The second-order valence-corrected chi connectivity index (χ2v) is 12.1. The Bertz CT molecular complexity index is 2460. The van der Waals surface area contributed by atoms with Crippen molar-refractivity contribution in [3.8, 4) is 33.4 Å². The lowest BCUT2D eigenvalue weighted by molar-refractivity contribution is 0.901. The van der Waals surface area contributed by atoms with Gasteiger partial charge < -0.3 is 0 Å². The Labute approximate surface area is 268 Å². The minimum Gasteiger partial charge on any atom is -0.269 e. The normalized spacial score (nSPS) is 14.5. The van der Waals surface area contributed by atoms with Gasteiger partial charge >= 0.3 is 0 Å². The van der Waals surface area contributed by atoms with Gasteiger partial charge in [-0.25, -0.2) is 0 Å². The molecule has 216 valence electrons. The number of hydrogen-bond acceptors (Lipinski definition) is 2. The maximum Gasteiger partial charge on any atom is 0.0346 e. The Hall–Kier alpha value is -5.86. The minimum atomic E-state index is 0.252. The predicted octanol–water partition coefficient (Wildman–Crippen LogP) is 11.8. The quantitative estimate of drug-likeness (QED) is 0.188. The van der Waals surface area contributed by atoms with Crippen LogP contribution in [0, 0.1) is 0 Å². The third-order valence-electron chi connectivity index (χ3n) is 9.51. The highest BCUT2D eigenvalue weighted by Gasteiger charge is 2.19. The Morgan fingerprint density at radius 1 is 0.478 bits per heavy atom. The van der Waals surface area contributed by atoms with Gasteiger partial charge in [0.25, 0.3) is 0 Å². The van der Waals surface area contributed by atoms with E-state index in [0.717, 1.165) is 12.0 Å². The van der Waals surface area contributed by atoms with Crippen LogP contribution in [0.4, 0.5) is 0 Å². The number of rotatable bonds is 4. The highest BCUT2D eigenvalue weighted by molar-refractivity contribution is 6.24. The van der Waals surface area contributed by atoms with Gasteiger partial charge in [0, 0.05) is 36.3 Å². The predicted molar refractivity (Wildman–Crippen MR) is 196 cm³/mol. The van der Waals surface area contributed by atoms with E-state index in [1.54, 1.807) is 0 Å². The zero-order chi connectivity index (χ0) is 30.5. The highest BCUT2D eigenvalue weighted by atomic mass is 14.7. The Balaban J connectivity index is 1.29. The molecule has 1 aliphatic heterocycles. The van der Waals surface area contributed by atoms with Gasteiger partial charge in [0.2, 0.25) is 0 Å². The average molecular weight is 587 g/mol. The number of aromatic nitrogens is 1. The molecule has 0 bridgehead atoms. The van der Waals surface area contributed by atoms with E-state index in [-0.39, 0.29) is 5.92 Å². The van der Waals surface area contributed by atoms with Crippen LogP contribution in [0.15, 0.2) is 163 Å². The Morgan fingerprint density at radius 2 is 1.11 bits per heavy atom. The average Bonchev–Trinajstić information content (AvgIpc) is 3.13. The molecule has 0 saturated heterocycles. The third kappa shape index (κ3) is 4.34. The van der Waals surface area contributed by atoms with Crippen LogP contribution >= 0.6 is 0 Å². The fourth-order valence-electron chi connectivity index (χ4n) is 7.37. The van der Waals surface area contributed by atoms with Gasteiger partial charge in [-0.05, 0) is 95.0 Å². The van der Waals surface area contributed by atoms with Gasteiger partial charge in [-0.15, -0.1) is 0 Å². The molecule has 2 heterocycles. The van der Waals surface area contributed by atoms with Crippen LogP contribution in [0.25, 0.3) is 76.5 Å². The molecular formula is C44H30N2. The maximum atomic E-state index is 4.68. The van der Waals surface area contributed by atoms with E-state index in [2.05, 4.69) is 150 Å². The molecular weight excluding hydrogens is 556 g/mol. The number of hydrogen-bond donors (Lipinski definition) is 0. The van der Waals surface area contributed by atoms with Crippen LogP contribution in [-0.2, 0) is 0 Å². The molecule has 0 N–H and O–H groups in total. The molecule has 0 amide bonds. The molecule has 0 saturated carbocycles. The van der Waals surface area contributed by atoms with Crippen LogP contribution in [0.5, 0.6) is 0 Å². The summed E-state index contributed by atoms with van der Waals surface area (Å²) in [6.45, 7) is 0. The molecule has 1 aromatic heterocycles. The van der Waals surface area contributed by atoms with Gasteiger partial charge in [0.15, 0.2) is 0 Å². The molecule has 7 aromatic carbocycles. The molecule has 46 heavy (non-hydrogen) atoms. The van der Waals surface area contributed by atoms with E-state index in [4.69, 9.17) is 0 Å². The van der Waals surface area contributed by atoms with Crippen molar-refractivity contribution in [2.45, 2.75) is 12.3 Å². The van der Waals surface area contributed by atoms with Crippen molar-refractivity contribution < 1.29 is 0 Å². The zero-order valence-electron chi connectivity index (χ0n) is 25.3.